The highest BCUT2D eigenvalue weighted by Gasteiger charge is 2.15. The Bertz CT molecular complexity index is 427. The van der Waals surface area contributed by atoms with Crippen molar-refractivity contribution in [2.45, 2.75) is 46.6 Å². The van der Waals surface area contributed by atoms with Crippen LogP contribution in [-0.4, -0.2) is 34.9 Å². The molecule has 20 heavy (non-hydrogen) atoms. The van der Waals surface area contributed by atoms with Gasteiger partial charge in [0.05, 0.1) is 11.8 Å². The number of nitrogens with one attached hydrogen (secondary N) is 1. The lowest BCUT2D eigenvalue weighted by atomic mass is 10.1. The molecule has 1 rings (SSSR count). The van der Waals surface area contributed by atoms with Gasteiger partial charge in [-0.2, -0.15) is 5.10 Å². The fourth-order valence-electron chi connectivity index (χ4n) is 2.11. The van der Waals surface area contributed by atoms with E-state index in [2.05, 4.69) is 31.2 Å². The van der Waals surface area contributed by atoms with E-state index in [1.165, 1.54) is 0 Å². The molecule has 1 aromatic heterocycles. The van der Waals surface area contributed by atoms with Crippen molar-refractivity contribution in [2.24, 2.45) is 13.0 Å². The number of hydrogen-bond acceptors (Lipinski definition) is 3. The van der Waals surface area contributed by atoms with Crippen LogP contribution in [0.1, 0.15) is 50.3 Å². The standard InChI is InChI=1S/C15H27N3O2/c1-6-13(20-7-2)10-16-15(19)14-9-12(8-11(3)4)17-18(14)5/h9,11,13H,6-8,10H2,1-5H3,(H,16,19). The first-order valence-corrected chi connectivity index (χ1v) is 7.40. The van der Waals surface area contributed by atoms with Gasteiger partial charge in [0.25, 0.3) is 5.91 Å². The monoisotopic (exact) mass is 281 g/mol. The normalized spacial score (nSPS) is 12.7. The minimum Gasteiger partial charge on any atom is -0.377 e. The molecule has 0 fully saturated rings. The third-order valence-corrected chi connectivity index (χ3v) is 3.13. The number of aromatic nitrogens is 2. The number of rotatable bonds is 8. The van der Waals surface area contributed by atoms with Crippen LogP contribution in [0.4, 0.5) is 0 Å². The maximum atomic E-state index is 12.2. The minimum absolute atomic E-state index is 0.0762. The molecule has 0 aromatic carbocycles. The number of ether oxygens (including phenoxy) is 1. The van der Waals surface area contributed by atoms with Crippen molar-refractivity contribution >= 4 is 5.91 Å². The maximum absolute atomic E-state index is 12.2. The van der Waals surface area contributed by atoms with Gasteiger partial charge in [0, 0.05) is 20.2 Å². The van der Waals surface area contributed by atoms with Gasteiger partial charge >= 0.3 is 0 Å². The molecule has 0 aliphatic carbocycles. The Hall–Kier alpha value is -1.36. The van der Waals surface area contributed by atoms with Gasteiger partial charge in [0.15, 0.2) is 0 Å². The van der Waals surface area contributed by atoms with Crippen molar-refractivity contribution in [3.8, 4) is 0 Å². The van der Waals surface area contributed by atoms with Crippen molar-refractivity contribution in [1.82, 2.24) is 15.1 Å². The number of hydrogen-bond donors (Lipinski definition) is 1. The molecule has 1 unspecified atom stereocenters. The first-order chi connectivity index (χ1) is 9.47. The molecular formula is C15H27N3O2. The molecule has 1 atom stereocenters. The Balaban J connectivity index is 2.61. The molecule has 5 nitrogen and oxygen atoms in total. The number of nitrogens with zero attached hydrogens (tertiary/aromatic N) is 2. The average Bonchev–Trinajstić information content (AvgIpc) is 2.74. The number of carbonyl (C=O) groups is 1. The van der Waals surface area contributed by atoms with E-state index in [-0.39, 0.29) is 12.0 Å². The number of aryl methyl sites for hydroxylation is 1. The molecule has 0 bridgehead atoms. The zero-order valence-corrected chi connectivity index (χ0v) is 13.3. The number of carbonyl (C=O) groups excluding carboxylic acids is 1. The topological polar surface area (TPSA) is 56.1 Å². The van der Waals surface area contributed by atoms with E-state index in [0.717, 1.165) is 18.5 Å². The number of amides is 1. The highest BCUT2D eigenvalue weighted by molar-refractivity contribution is 5.92. The summed E-state index contributed by atoms with van der Waals surface area (Å²) >= 11 is 0. The third kappa shape index (κ3) is 4.96. The van der Waals surface area contributed by atoms with Crippen LogP contribution in [0.5, 0.6) is 0 Å². The lowest BCUT2D eigenvalue weighted by molar-refractivity contribution is 0.0566. The highest BCUT2D eigenvalue weighted by atomic mass is 16.5. The van der Waals surface area contributed by atoms with Crippen LogP contribution in [-0.2, 0) is 18.2 Å². The van der Waals surface area contributed by atoms with Gasteiger partial charge in [-0.25, -0.2) is 0 Å². The first-order valence-electron chi connectivity index (χ1n) is 7.40. The fourth-order valence-corrected chi connectivity index (χ4v) is 2.11. The molecular weight excluding hydrogens is 254 g/mol. The summed E-state index contributed by atoms with van der Waals surface area (Å²) in [5, 5.41) is 7.30. The summed E-state index contributed by atoms with van der Waals surface area (Å²) < 4.78 is 7.18. The predicted molar refractivity (Wildman–Crippen MR) is 79.8 cm³/mol. The molecule has 0 saturated heterocycles. The summed E-state index contributed by atoms with van der Waals surface area (Å²) in [6, 6.07) is 1.87. The van der Waals surface area contributed by atoms with Crippen LogP contribution in [0.15, 0.2) is 6.07 Å². The van der Waals surface area contributed by atoms with E-state index in [1.807, 2.05) is 13.0 Å². The Morgan fingerprint density at radius 3 is 2.70 bits per heavy atom. The summed E-state index contributed by atoms with van der Waals surface area (Å²) in [6.07, 6.45) is 1.85. The van der Waals surface area contributed by atoms with E-state index < -0.39 is 0 Å². The lowest BCUT2D eigenvalue weighted by Gasteiger charge is -2.15. The first kappa shape index (κ1) is 16.7. The van der Waals surface area contributed by atoms with E-state index >= 15 is 0 Å². The second-order valence-electron chi connectivity index (χ2n) is 5.44. The van der Waals surface area contributed by atoms with Gasteiger partial charge in [-0.05, 0) is 31.7 Å². The quantitative estimate of drug-likeness (QED) is 0.794. The van der Waals surface area contributed by atoms with Gasteiger partial charge in [-0.15, -0.1) is 0 Å². The second kappa shape index (κ2) is 8.04. The Labute approximate surface area is 121 Å². The summed E-state index contributed by atoms with van der Waals surface area (Å²) in [4.78, 5) is 12.2. The Morgan fingerprint density at radius 1 is 1.45 bits per heavy atom. The van der Waals surface area contributed by atoms with Gasteiger partial charge in [0.2, 0.25) is 0 Å². The van der Waals surface area contributed by atoms with Crippen molar-refractivity contribution in [3.63, 3.8) is 0 Å². The van der Waals surface area contributed by atoms with Crippen LogP contribution < -0.4 is 5.32 Å². The third-order valence-electron chi connectivity index (χ3n) is 3.13. The van der Waals surface area contributed by atoms with Gasteiger partial charge < -0.3 is 10.1 Å². The molecule has 0 radical (unpaired) electrons. The van der Waals surface area contributed by atoms with Crippen LogP contribution in [0.3, 0.4) is 0 Å². The predicted octanol–water partition coefficient (Wildman–Crippen LogP) is 2.16. The van der Waals surface area contributed by atoms with Gasteiger partial charge in [0.1, 0.15) is 5.69 Å². The van der Waals surface area contributed by atoms with Crippen LogP contribution >= 0.6 is 0 Å². The zero-order chi connectivity index (χ0) is 15.1. The van der Waals surface area contributed by atoms with E-state index in [9.17, 15) is 4.79 Å². The molecule has 114 valence electrons. The smallest absolute Gasteiger partial charge is 0.269 e. The van der Waals surface area contributed by atoms with Crippen molar-refractivity contribution < 1.29 is 9.53 Å². The van der Waals surface area contributed by atoms with Crippen molar-refractivity contribution in [3.05, 3.63) is 17.5 Å². The average molecular weight is 281 g/mol. The fraction of sp³-hybridized carbons (Fsp3) is 0.733. The van der Waals surface area contributed by atoms with Crippen LogP contribution in [0, 0.1) is 5.92 Å². The lowest BCUT2D eigenvalue weighted by Crippen LogP contribution is -2.34. The van der Waals surface area contributed by atoms with Crippen molar-refractivity contribution in [2.75, 3.05) is 13.2 Å². The maximum Gasteiger partial charge on any atom is 0.269 e. The largest absolute Gasteiger partial charge is 0.377 e. The van der Waals surface area contributed by atoms with Gasteiger partial charge in [-0.3, -0.25) is 9.48 Å². The molecule has 1 aromatic rings. The molecule has 0 aliphatic heterocycles. The van der Waals surface area contributed by atoms with Crippen LogP contribution in [0.25, 0.3) is 0 Å². The summed E-state index contributed by atoms with van der Waals surface area (Å²) in [6.45, 7) is 9.50. The Morgan fingerprint density at radius 2 is 2.15 bits per heavy atom. The molecule has 1 N–H and O–H groups in total. The van der Waals surface area contributed by atoms with E-state index in [0.29, 0.717) is 24.8 Å². The second-order valence-corrected chi connectivity index (χ2v) is 5.44. The summed E-state index contributed by atoms with van der Waals surface area (Å²) in [5.74, 6) is 0.441. The van der Waals surface area contributed by atoms with Crippen molar-refractivity contribution in [1.29, 1.82) is 0 Å². The van der Waals surface area contributed by atoms with Gasteiger partial charge in [-0.1, -0.05) is 20.8 Å². The Kier molecular flexibility index (Phi) is 6.71. The zero-order valence-electron chi connectivity index (χ0n) is 13.3. The summed E-state index contributed by atoms with van der Waals surface area (Å²) in [7, 11) is 1.80. The summed E-state index contributed by atoms with van der Waals surface area (Å²) in [5.41, 5.74) is 1.57. The van der Waals surface area contributed by atoms with E-state index in [1.54, 1.807) is 11.7 Å². The SMILES string of the molecule is CCOC(CC)CNC(=O)c1cc(CC(C)C)nn1C. The molecule has 5 heteroatoms. The van der Waals surface area contributed by atoms with Crippen LogP contribution in [0.2, 0.25) is 0 Å². The minimum atomic E-state index is -0.0897. The molecule has 0 spiro atoms. The van der Waals surface area contributed by atoms with E-state index in [4.69, 9.17) is 4.74 Å². The molecule has 1 heterocycles. The molecule has 0 saturated carbocycles. The molecule has 1 amide bonds. The highest BCUT2D eigenvalue weighted by Crippen LogP contribution is 2.09. The molecule has 0 aliphatic rings.